The molecule has 0 fully saturated rings. The van der Waals surface area contributed by atoms with Crippen LogP contribution in [0.15, 0.2) is 29.2 Å². The zero-order valence-electron chi connectivity index (χ0n) is 11.2. The highest BCUT2D eigenvalue weighted by Gasteiger charge is 2.23. The van der Waals surface area contributed by atoms with Crippen LogP contribution in [0.25, 0.3) is 0 Å². The number of carbonyl (C=O) groups excluding carboxylic acids is 1. The van der Waals surface area contributed by atoms with Crippen molar-refractivity contribution in [3.8, 4) is 0 Å². The largest absolute Gasteiger partial charge is 0.398 e. The van der Waals surface area contributed by atoms with E-state index in [4.69, 9.17) is 5.73 Å². The van der Waals surface area contributed by atoms with E-state index in [1.807, 2.05) is 0 Å². The SMILES string of the molecule is CC(C)NC(=O)C(C)NS(=O)(=O)c1ccccc1N. The monoisotopic (exact) mass is 285 g/mol. The molecule has 0 saturated carbocycles. The van der Waals surface area contributed by atoms with E-state index in [0.29, 0.717) is 0 Å². The van der Waals surface area contributed by atoms with Crippen molar-refractivity contribution in [3.05, 3.63) is 24.3 Å². The van der Waals surface area contributed by atoms with Crippen LogP contribution >= 0.6 is 0 Å². The van der Waals surface area contributed by atoms with Gasteiger partial charge in [0, 0.05) is 6.04 Å². The van der Waals surface area contributed by atoms with Gasteiger partial charge < -0.3 is 11.1 Å². The van der Waals surface area contributed by atoms with Gasteiger partial charge in [-0.05, 0) is 32.9 Å². The van der Waals surface area contributed by atoms with Crippen LogP contribution in [-0.4, -0.2) is 26.4 Å². The maximum absolute atomic E-state index is 12.1. The number of amides is 1. The summed E-state index contributed by atoms with van der Waals surface area (Å²) in [6.45, 7) is 5.08. The van der Waals surface area contributed by atoms with Gasteiger partial charge in [0.1, 0.15) is 4.90 Å². The summed E-state index contributed by atoms with van der Waals surface area (Å²) in [6, 6.07) is 5.18. The van der Waals surface area contributed by atoms with E-state index in [0.717, 1.165) is 0 Å². The molecule has 19 heavy (non-hydrogen) atoms. The first-order valence-corrected chi connectivity index (χ1v) is 7.39. The van der Waals surface area contributed by atoms with Crippen LogP contribution < -0.4 is 15.8 Å². The molecular weight excluding hydrogens is 266 g/mol. The van der Waals surface area contributed by atoms with Crippen molar-refractivity contribution in [3.63, 3.8) is 0 Å². The van der Waals surface area contributed by atoms with Gasteiger partial charge in [0.2, 0.25) is 15.9 Å². The third-order valence-electron chi connectivity index (χ3n) is 2.36. The number of benzene rings is 1. The van der Waals surface area contributed by atoms with Gasteiger partial charge in [-0.3, -0.25) is 4.79 Å². The second-order valence-electron chi connectivity index (χ2n) is 4.54. The first-order valence-electron chi connectivity index (χ1n) is 5.91. The van der Waals surface area contributed by atoms with Crippen molar-refractivity contribution < 1.29 is 13.2 Å². The fourth-order valence-corrected chi connectivity index (χ4v) is 2.82. The number of para-hydroxylation sites is 1. The van der Waals surface area contributed by atoms with Gasteiger partial charge in [-0.2, -0.15) is 4.72 Å². The van der Waals surface area contributed by atoms with Crippen LogP contribution in [0.4, 0.5) is 5.69 Å². The minimum atomic E-state index is -3.81. The lowest BCUT2D eigenvalue weighted by molar-refractivity contribution is -0.122. The number of anilines is 1. The van der Waals surface area contributed by atoms with Crippen molar-refractivity contribution in [2.75, 3.05) is 5.73 Å². The van der Waals surface area contributed by atoms with E-state index in [1.165, 1.54) is 19.1 Å². The molecule has 1 atom stereocenters. The molecule has 0 bridgehead atoms. The van der Waals surface area contributed by atoms with Gasteiger partial charge in [0.15, 0.2) is 0 Å². The third-order valence-corrected chi connectivity index (χ3v) is 3.98. The smallest absolute Gasteiger partial charge is 0.243 e. The molecule has 0 heterocycles. The number of nitrogens with one attached hydrogen (secondary N) is 2. The Morgan fingerprint density at radius 3 is 2.32 bits per heavy atom. The first-order chi connectivity index (χ1) is 8.74. The normalized spacial score (nSPS) is 13.3. The maximum Gasteiger partial charge on any atom is 0.243 e. The summed E-state index contributed by atoms with van der Waals surface area (Å²) >= 11 is 0. The molecule has 0 aliphatic heterocycles. The van der Waals surface area contributed by atoms with E-state index in [-0.39, 0.29) is 22.5 Å². The van der Waals surface area contributed by atoms with Crippen molar-refractivity contribution >= 4 is 21.6 Å². The van der Waals surface area contributed by atoms with E-state index in [9.17, 15) is 13.2 Å². The lowest BCUT2D eigenvalue weighted by Crippen LogP contribution is -2.46. The topological polar surface area (TPSA) is 101 Å². The second kappa shape index (κ2) is 6.03. The van der Waals surface area contributed by atoms with Crippen molar-refractivity contribution in [1.29, 1.82) is 0 Å². The zero-order chi connectivity index (χ0) is 14.6. The van der Waals surface area contributed by atoms with Crippen LogP contribution in [0, 0.1) is 0 Å². The maximum atomic E-state index is 12.1. The third kappa shape index (κ3) is 4.22. The molecule has 106 valence electrons. The van der Waals surface area contributed by atoms with Gasteiger partial charge in [-0.25, -0.2) is 8.42 Å². The number of sulfonamides is 1. The predicted molar refractivity (Wildman–Crippen MR) is 73.9 cm³/mol. The van der Waals surface area contributed by atoms with E-state index in [1.54, 1.807) is 26.0 Å². The molecule has 6 nitrogen and oxygen atoms in total. The van der Waals surface area contributed by atoms with Crippen LogP contribution in [0.5, 0.6) is 0 Å². The lowest BCUT2D eigenvalue weighted by Gasteiger charge is -2.16. The second-order valence-corrected chi connectivity index (χ2v) is 6.23. The van der Waals surface area contributed by atoms with Gasteiger partial charge in [0.25, 0.3) is 0 Å². The summed E-state index contributed by atoms with van der Waals surface area (Å²) in [5.74, 6) is -0.381. The van der Waals surface area contributed by atoms with Gasteiger partial charge >= 0.3 is 0 Å². The number of rotatable bonds is 5. The minimum Gasteiger partial charge on any atom is -0.398 e. The summed E-state index contributed by atoms with van der Waals surface area (Å²) in [4.78, 5) is 11.6. The van der Waals surface area contributed by atoms with Crippen LogP contribution in [-0.2, 0) is 14.8 Å². The molecule has 0 spiro atoms. The quantitative estimate of drug-likeness (QED) is 0.684. The Hall–Kier alpha value is -1.60. The zero-order valence-corrected chi connectivity index (χ0v) is 12.0. The number of hydrogen-bond acceptors (Lipinski definition) is 4. The molecule has 0 aromatic heterocycles. The van der Waals surface area contributed by atoms with Crippen molar-refractivity contribution in [1.82, 2.24) is 10.0 Å². The number of nitrogens with two attached hydrogens (primary N) is 1. The molecule has 1 rings (SSSR count). The summed E-state index contributed by atoms with van der Waals surface area (Å²) in [7, 11) is -3.81. The fourth-order valence-electron chi connectivity index (χ4n) is 1.48. The molecule has 4 N–H and O–H groups in total. The standard InChI is InChI=1S/C12H19N3O3S/c1-8(2)14-12(16)9(3)15-19(17,18)11-7-5-4-6-10(11)13/h4-9,15H,13H2,1-3H3,(H,14,16). The molecule has 0 saturated heterocycles. The van der Waals surface area contributed by atoms with E-state index in [2.05, 4.69) is 10.0 Å². The Kier molecular flexibility index (Phi) is 4.90. The molecule has 1 amide bonds. The molecule has 1 unspecified atom stereocenters. The first kappa shape index (κ1) is 15.5. The summed E-state index contributed by atoms with van der Waals surface area (Å²) in [5.41, 5.74) is 5.76. The lowest BCUT2D eigenvalue weighted by atomic mass is 10.3. The fraction of sp³-hybridized carbons (Fsp3) is 0.417. The summed E-state index contributed by atoms with van der Waals surface area (Å²) < 4.78 is 26.5. The minimum absolute atomic E-state index is 0.0285. The number of hydrogen-bond donors (Lipinski definition) is 3. The highest BCUT2D eigenvalue weighted by atomic mass is 32.2. The van der Waals surface area contributed by atoms with Gasteiger partial charge in [-0.1, -0.05) is 12.1 Å². The number of carbonyl (C=O) groups is 1. The molecule has 0 aliphatic rings. The van der Waals surface area contributed by atoms with Crippen LogP contribution in [0.3, 0.4) is 0 Å². The molecular formula is C12H19N3O3S. The highest BCUT2D eigenvalue weighted by molar-refractivity contribution is 7.89. The number of nitrogen functional groups attached to an aromatic ring is 1. The van der Waals surface area contributed by atoms with Gasteiger partial charge in [-0.15, -0.1) is 0 Å². The van der Waals surface area contributed by atoms with Gasteiger partial charge in [0.05, 0.1) is 11.7 Å². The Morgan fingerprint density at radius 1 is 1.21 bits per heavy atom. The molecule has 1 aromatic rings. The molecule has 0 radical (unpaired) electrons. The van der Waals surface area contributed by atoms with Crippen LogP contribution in [0.2, 0.25) is 0 Å². The molecule has 7 heteroatoms. The van der Waals surface area contributed by atoms with E-state index < -0.39 is 16.1 Å². The Balaban J connectivity index is 2.87. The average Bonchev–Trinajstić information content (AvgIpc) is 2.27. The Morgan fingerprint density at radius 2 is 1.79 bits per heavy atom. The Labute approximate surface area is 113 Å². The predicted octanol–water partition coefficient (Wildman–Crippen LogP) is 0.460. The van der Waals surface area contributed by atoms with Crippen molar-refractivity contribution in [2.45, 2.75) is 37.8 Å². The van der Waals surface area contributed by atoms with Crippen LogP contribution in [0.1, 0.15) is 20.8 Å². The summed E-state index contributed by atoms with van der Waals surface area (Å²) in [5, 5.41) is 2.63. The average molecular weight is 285 g/mol. The molecule has 1 aromatic carbocycles. The Bertz CT molecular complexity index is 555. The molecule has 0 aliphatic carbocycles. The summed E-state index contributed by atoms with van der Waals surface area (Å²) in [6.07, 6.45) is 0. The van der Waals surface area contributed by atoms with E-state index >= 15 is 0 Å². The van der Waals surface area contributed by atoms with Crippen molar-refractivity contribution in [2.24, 2.45) is 0 Å². The highest BCUT2D eigenvalue weighted by Crippen LogP contribution is 2.17.